The maximum Gasteiger partial charge on any atom is 0.225 e. The average Bonchev–Trinajstić information content (AvgIpc) is 3.39. The number of aryl methyl sites for hydroxylation is 1. The molecule has 5 rings (SSSR count). The van der Waals surface area contributed by atoms with Crippen LogP contribution in [-0.2, 0) is 16.3 Å². The highest BCUT2D eigenvalue weighted by molar-refractivity contribution is 7.90. The van der Waals surface area contributed by atoms with E-state index in [1.165, 1.54) is 24.5 Å². The van der Waals surface area contributed by atoms with Crippen LogP contribution >= 0.6 is 0 Å². The Morgan fingerprint density at radius 3 is 2.18 bits per heavy atom. The van der Waals surface area contributed by atoms with Crippen LogP contribution in [-0.4, -0.2) is 43.8 Å². The van der Waals surface area contributed by atoms with E-state index in [4.69, 9.17) is 4.74 Å². The molecule has 0 spiro atoms. The third-order valence-corrected chi connectivity index (χ3v) is 8.06. The second kappa shape index (κ2) is 8.98. The van der Waals surface area contributed by atoms with Crippen LogP contribution in [0.5, 0.6) is 5.75 Å². The van der Waals surface area contributed by atoms with Crippen molar-refractivity contribution < 1.29 is 17.5 Å². The minimum absolute atomic E-state index is 0.00469. The zero-order valence-corrected chi connectivity index (χ0v) is 20.1. The molecular weight excluding hydrogens is 453 g/mol. The Morgan fingerprint density at radius 1 is 1.00 bits per heavy atom. The smallest absolute Gasteiger partial charge is 0.225 e. The van der Waals surface area contributed by atoms with E-state index in [9.17, 15) is 12.8 Å². The molecule has 8 heteroatoms. The Bertz CT molecular complexity index is 1270. The molecule has 1 aromatic heterocycles. The number of benzene rings is 2. The van der Waals surface area contributed by atoms with Crippen LogP contribution in [0.25, 0.3) is 11.1 Å². The predicted molar refractivity (Wildman–Crippen MR) is 129 cm³/mol. The zero-order chi connectivity index (χ0) is 23.9. The van der Waals surface area contributed by atoms with Gasteiger partial charge in [0.25, 0.3) is 0 Å². The Hall–Kier alpha value is -3.00. The van der Waals surface area contributed by atoms with Crippen molar-refractivity contribution in [3.05, 3.63) is 66.2 Å². The summed E-state index contributed by atoms with van der Waals surface area (Å²) >= 11 is 0. The summed E-state index contributed by atoms with van der Waals surface area (Å²) in [4.78, 5) is 11.5. The lowest BCUT2D eigenvalue weighted by atomic mass is 10.0. The first-order valence-electron chi connectivity index (χ1n) is 11.6. The molecule has 2 fully saturated rings. The van der Waals surface area contributed by atoms with Crippen molar-refractivity contribution in [2.75, 3.05) is 24.2 Å². The van der Waals surface area contributed by atoms with Gasteiger partial charge < -0.3 is 9.64 Å². The van der Waals surface area contributed by atoms with Gasteiger partial charge in [0.05, 0.1) is 11.0 Å². The highest BCUT2D eigenvalue weighted by atomic mass is 32.2. The van der Waals surface area contributed by atoms with Gasteiger partial charge in [0.15, 0.2) is 21.4 Å². The second-order valence-corrected chi connectivity index (χ2v) is 11.3. The average molecular weight is 482 g/mol. The molecule has 0 amide bonds. The number of sulfone groups is 1. The molecule has 3 aromatic rings. The number of fused-ring (bicyclic) bond motifs is 1. The van der Waals surface area contributed by atoms with E-state index in [1.54, 1.807) is 18.2 Å². The van der Waals surface area contributed by atoms with Crippen molar-refractivity contribution in [2.24, 2.45) is 11.8 Å². The summed E-state index contributed by atoms with van der Waals surface area (Å²) in [5.41, 5.74) is 2.57. The normalized spacial score (nSPS) is 22.1. The van der Waals surface area contributed by atoms with Crippen molar-refractivity contribution in [3.8, 4) is 16.9 Å². The summed E-state index contributed by atoms with van der Waals surface area (Å²) in [6.07, 6.45) is 7.67. The first-order valence-corrected chi connectivity index (χ1v) is 13.5. The minimum atomic E-state index is -3.26. The van der Waals surface area contributed by atoms with Gasteiger partial charge in [0.1, 0.15) is 0 Å². The molecule has 1 aliphatic carbocycles. The Kier molecular flexibility index (Phi) is 6.02. The maximum absolute atomic E-state index is 14.8. The number of hydrogen-bond acceptors (Lipinski definition) is 6. The van der Waals surface area contributed by atoms with Crippen LogP contribution in [0.15, 0.2) is 59.8 Å². The fourth-order valence-electron chi connectivity index (χ4n) is 5.05. The maximum atomic E-state index is 14.8. The zero-order valence-electron chi connectivity index (χ0n) is 19.3. The van der Waals surface area contributed by atoms with Crippen LogP contribution in [0.2, 0.25) is 0 Å². The highest BCUT2D eigenvalue weighted by Crippen LogP contribution is 2.41. The molecule has 2 heterocycles. The van der Waals surface area contributed by atoms with Crippen molar-refractivity contribution >= 4 is 15.8 Å². The van der Waals surface area contributed by atoms with Crippen molar-refractivity contribution in [1.82, 2.24) is 9.97 Å². The number of anilines is 1. The predicted octanol–water partition coefficient (Wildman–Crippen LogP) is 4.54. The van der Waals surface area contributed by atoms with E-state index < -0.39 is 15.7 Å². The molecule has 0 radical (unpaired) electrons. The fourth-order valence-corrected chi connectivity index (χ4v) is 5.68. The van der Waals surface area contributed by atoms with Gasteiger partial charge in [-0.1, -0.05) is 25.1 Å². The van der Waals surface area contributed by atoms with E-state index in [-0.39, 0.29) is 16.7 Å². The summed E-state index contributed by atoms with van der Waals surface area (Å²) in [5.74, 6) is 1.63. The number of rotatable bonds is 6. The van der Waals surface area contributed by atoms with Crippen LogP contribution in [0.4, 0.5) is 10.3 Å². The van der Waals surface area contributed by atoms with Crippen LogP contribution in [0.3, 0.4) is 0 Å². The monoisotopic (exact) mass is 481 g/mol. The molecule has 2 aromatic carbocycles. The molecule has 34 heavy (non-hydrogen) atoms. The molecule has 1 saturated heterocycles. The third-order valence-electron chi connectivity index (χ3n) is 6.93. The van der Waals surface area contributed by atoms with Gasteiger partial charge in [0, 0.05) is 31.7 Å². The van der Waals surface area contributed by atoms with Gasteiger partial charge in [-0.25, -0.2) is 22.8 Å². The Morgan fingerprint density at radius 2 is 1.62 bits per heavy atom. The molecule has 178 valence electrons. The largest absolute Gasteiger partial charge is 0.487 e. The van der Waals surface area contributed by atoms with E-state index >= 15 is 0 Å². The second-order valence-electron chi connectivity index (χ2n) is 9.32. The van der Waals surface area contributed by atoms with Crippen LogP contribution in [0.1, 0.15) is 25.3 Å². The van der Waals surface area contributed by atoms with Gasteiger partial charge >= 0.3 is 0 Å². The van der Waals surface area contributed by atoms with Gasteiger partial charge in [-0.2, -0.15) is 0 Å². The number of hydrogen-bond donors (Lipinski definition) is 0. The molecule has 1 aliphatic heterocycles. The summed E-state index contributed by atoms with van der Waals surface area (Å²) in [6.45, 7) is 3.90. The van der Waals surface area contributed by atoms with Crippen LogP contribution < -0.4 is 9.64 Å². The highest BCUT2D eigenvalue weighted by Gasteiger charge is 2.42. The molecule has 6 nitrogen and oxygen atoms in total. The number of halogens is 1. The summed E-state index contributed by atoms with van der Waals surface area (Å²) in [7, 11) is -3.26. The lowest BCUT2D eigenvalue weighted by molar-refractivity contribution is 0.192. The molecule has 1 saturated carbocycles. The number of ether oxygens (including phenoxy) is 1. The molecule has 0 N–H and O–H groups in total. The summed E-state index contributed by atoms with van der Waals surface area (Å²) in [5, 5.41) is 0. The lowest BCUT2D eigenvalue weighted by Crippen LogP contribution is -2.25. The van der Waals surface area contributed by atoms with Crippen molar-refractivity contribution in [3.63, 3.8) is 0 Å². The van der Waals surface area contributed by atoms with Gasteiger partial charge in [-0.3, -0.25) is 0 Å². The Labute approximate surface area is 199 Å². The first kappa shape index (κ1) is 22.8. The molecule has 2 atom stereocenters. The van der Waals surface area contributed by atoms with E-state index in [1.807, 2.05) is 18.5 Å². The van der Waals surface area contributed by atoms with Gasteiger partial charge in [-0.05, 0) is 72.1 Å². The summed E-state index contributed by atoms with van der Waals surface area (Å²) in [6, 6.07) is 11.4. The van der Waals surface area contributed by atoms with E-state index in [2.05, 4.69) is 21.8 Å². The first-order chi connectivity index (χ1) is 16.3. The molecule has 2 unspecified atom stereocenters. The fraction of sp³-hybridized carbons (Fsp3) is 0.385. The summed E-state index contributed by atoms with van der Waals surface area (Å²) < 4.78 is 44.2. The van der Waals surface area contributed by atoms with Crippen LogP contribution in [0, 0.1) is 17.7 Å². The lowest BCUT2D eigenvalue weighted by Gasteiger charge is -2.20. The SMILES string of the molecule is CCc1cnc(N2CC3CC(Oc4ccc(-c5ccc(S(C)(=O)=O)cc5)cc4F)CC3C2)nc1. The topological polar surface area (TPSA) is 72.4 Å². The molecule has 2 aliphatic rings. The molecule has 0 bridgehead atoms. The molecular formula is C26H28FN3O3S. The minimum Gasteiger partial charge on any atom is -0.487 e. The van der Waals surface area contributed by atoms with E-state index in [0.29, 0.717) is 17.4 Å². The third kappa shape index (κ3) is 4.64. The number of nitrogens with zero attached hydrogens (tertiary/aromatic N) is 3. The van der Waals surface area contributed by atoms with Gasteiger partial charge in [0.2, 0.25) is 5.95 Å². The standard InChI is InChI=1S/C26H28FN3O3S/c1-3-17-13-28-26(29-14-17)30-15-20-10-22(11-21(20)16-30)33-25-9-6-19(12-24(25)27)18-4-7-23(8-5-18)34(2,31)32/h4-9,12-14,20-22H,3,10-11,15-16H2,1-2H3. The number of aromatic nitrogens is 2. The van der Waals surface area contributed by atoms with Crippen molar-refractivity contribution in [2.45, 2.75) is 37.2 Å². The van der Waals surface area contributed by atoms with Gasteiger partial charge in [-0.15, -0.1) is 0 Å². The van der Waals surface area contributed by atoms with E-state index in [0.717, 1.165) is 49.4 Å². The van der Waals surface area contributed by atoms with Crippen molar-refractivity contribution in [1.29, 1.82) is 0 Å². The Balaban J connectivity index is 1.21. The quantitative estimate of drug-likeness (QED) is 0.515.